The third kappa shape index (κ3) is 2.16. The van der Waals surface area contributed by atoms with Crippen LogP contribution in [0.2, 0.25) is 0 Å². The molecule has 3 rings (SSSR count). The zero-order valence-electron chi connectivity index (χ0n) is 9.87. The van der Waals surface area contributed by atoms with Crippen LogP contribution in [0.3, 0.4) is 0 Å². The molecule has 1 unspecified atom stereocenters. The average molecular weight is 316 g/mol. The lowest BCUT2D eigenvalue weighted by molar-refractivity contribution is 0.174. The highest BCUT2D eigenvalue weighted by molar-refractivity contribution is 9.10. The van der Waals surface area contributed by atoms with Gasteiger partial charge in [-0.2, -0.15) is 0 Å². The smallest absolute Gasteiger partial charge is 0.170 e. The Kier molecular flexibility index (Phi) is 3.95. The zero-order valence-corrected chi connectivity index (χ0v) is 12.6. The van der Waals surface area contributed by atoms with Gasteiger partial charge in [0.05, 0.1) is 5.52 Å². The Hall–Kier alpha value is -0.730. The molecule has 0 spiro atoms. The van der Waals surface area contributed by atoms with Crippen molar-refractivity contribution in [3.05, 3.63) is 22.8 Å². The SMILES string of the molecule is CC.Pn1ccc2c3c(cc(Br)c21)OCCO3. The van der Waals surface area contributed by atoms with Gasteiger partial charge in [0, 0.05) is 22.1 Å². The van der Waals surface area contributed by atoms with Gasteiger partial charge in [-0.3, -0.25) is 0 Å². The first-order valence-corrected chi connectivity index (χ1v) is 6.92. The average Bonchev–Trinajstić information content (AvgIpc) is 2.75. The number of fused-ring (bicyclic) bond motifs is 3. The summed E-state index contributed by atoms with van der Waals surface area (Å²) < 4.78 is 14.2. The summed E-state index contributed by atoms with van der Waals surface area (Å²) in [7, 11) is 2.65. The first-order valence-electron chi connectivity index (χ1n) is 5.61. The van der Waals surface area contributed by atoms with Crippen molar-refractivity contribution < 1.29 is 9.47 Å². The van der Waals surface area contributed by atoms with Crippen LogP contribution in [0.1, 0.15) is 13.8 Å². The van der Waals surface area contributed by atoms with E-state index >= 15 is 0 Å². The van der Waals surface area contributed by atoms with E-state index in [-0.39, 0.29) is 0 Å². The van der Waals surface area contributed by atoms with Crippen molar-refractivity contribution in [2.75, 3.05) is 13.2 Å². The second-order valence-corrected chi connectivity index (χ2v) is 4.78. The van der Waals surface area contributed by atoms with E-state index in [4.69, 9.17) is 9.47 Å². The van der Waals surface area contributed by atoms with Gasteiger partial charge in [-0.05, 0) is 31.4 Å². The predicted molar refractivity (Wildman–Crippen MR) is 77.1 cm³/mol. The van der Waals surface area contributed by atoms with Crippen LogP contribution < -0.4 is 9.47 Å². The van der Waals surface area contributed by atoms with Crippen LogP contribution in [-0.4, -0.2) is 17.6 Å². The predicted octanol–water partition coefficient (Wildman–Crippen LogP) is 3.84. The quantitative estimate of drug-likeness (QED) is 0.690. The van der Waals surface area contributed by atoms with E-state index in [9.17, 15) is 0 Å². The van der Waals surface area contributed by atoms with Crippen molar-refractivity contribution in [2.45, 2.75) is 13.8 Å². The van der Waals surface area contributed by atoms with Gasteiger partial charge >= 0.3 is 0 Å². The molecule has 0 fully saturated rings. The second kappa shape index (κ2) is 5.28. The Labute approximate surface area is 111 Å². The van der Waals surface area contributed by atoms with Crippen LogP contribution in [0.4, 0.5) is 0 Å². The Bertz CT molecular complexity index is 539. The number of rotatable bonds is 0. The van der Waals surface area contributed by atoms with E-state index in [1.807, 2.05) is 36.5 Å². The van der Waals surface area contributed by atoms with E-state index in [1.165, 1.54) is 0 Å². The van der Waals surface area contributed by atoms with Crippen molar-refractivity contribution >= 4 is 36.2 Å². The first kappa shape index (κ1) is 12.7. The number of hydrogen-bond acceptors (Lipinski definition) is 2. The molecule has 5 heteroatoms. The Morgan fingerprint density at radius 2 is 2.00 bits per heavy atom. The van der Waals surface area contributed by atoms with Gasteiger partial charge in [-0.15, -0.1) is 0 Å². The molecule has 0 amide bonds. The van der Waals surface area contributed by atoms with Gasteiger partial charge in [0.25, 0.3) is 0 Å². The molecule has 1 atom stereocenters. The van der Waals surface area contributed by atoms with Crippen LogP contribution in [0, 0.1) is 0 Å². The maximum Gasteiger partial charge on any atom is 0.170 e. The van der Waals surface area contributed by atoms with Gasteiger partial charge < -0.3 is 13.8 Å². The number of hydrogen-bond donors (Lipinski definition) is 0. The van der Waals surface area contributed by atoms with Crippen molar-refractivity contribution in [2.24, 2.45) is 0 Å². The fourth-order valence-corrected chi connectivity index (χ4v) is 3.00. The molecule has 0 N–H and O–H groups in total. The van der Waals surface area contributed by atoms with Crippen LogP contribution in [0.5, 0.6) is 11.5 Å². The standard InChI is InChI=1S/C10H9BrNO2P.C2H6/c11-7-5-8-10(14-4-3-13-8)6-1-2-12(15)9(6)7;1-2/h1-2,5H,3-4,15H2;1-2H3. The minimum Gasteiger partial charge on any atom is -0.486 e. The lowest BCUT2D eigenvalue weighted by Crippen LogP contribution is -2.15. The molecule has 17 heavy (non-hydrogen) atoms. The molecule has 0 saturated carbocycles. The summed E-state index contributed by atoms with van der Waals surface area (Å²) in [6.07, 6.45) is 1.98. The van der Waals surface area contributed by atoms with Gasteiger partial charge in [-0.1, -0.05) is 13.8 Å². The van der Waals surface area contributed by atoms with Crippen molar-refractivity contribution in [3.63, 3.8) is 0 Å². The molecule has 0 aliphatic carbocycles. The third-order valence-electron chi connectivity index (χ3n) is 2.45. The summed E-state index contributed by atoms with van der Waals surface area (Å²) in [5.74, 6) is 1.66. The minimum absolute atomic E-state index is 0.617. The molecule has 0 bridgehead atoms. The summed E-state index contributed by atoms with van der Waals surface area (Å²) in [5, 5.41) is 1.08. The van der Waals surface area contributed by atoms with Crippen LogP contribution in [0.15, 0.2) is 22.8 Å². The van der Waals surface area contributed by atoms with Crippen LogP contribution in [-0.2, 0) is 0 Å². The molecule has 0 saturated heterocycles. The van der Waals surface area contributed by atoms with Gasteiger partial charge in [0.2, 0.25) is 0 Å². The van der Waals surface area contributed by atoms with Gasteiger partial charge in [0.15, 0.2) is 11.5 Å². The number of halogens is 1. The highest BCUT2D eigenvalue weighted by Crippen LogP contribution is 2.42. The Balaban J connectivity index is 0.000000514. The Morgan fingerprint density at radius 1 is 1.29 bits per heavy atom. The van der Waals surface area contributed by atoms with E-state index < -0.39 is 0 Å². The number of aromatic nitrogens is 1. The van der Waals surface area contributed by atoms with Crippen molar-refractivity contribution in [1.82, 2.24) is 4.34 Å². The third-order valence-corrected chi connectivity index (χ3v) is 3.49. The normalized spacial score (nSPS) is 13.2. The number of nitrogens with zero attached hydrogens (tertiary/aromatic N) is 1. The molecular formula is C12H15BrNO2P. The monoisotopic (exact) mass is 315 g/mol. The summed E-state index contributed by atoms with van der Waals surface area (Å²) in [4.78, 5) is 0. The molecule has 2 aromatic rings. The maximum absolute atomic E-state index is 5.64. The lowest BCUT2D eigenvalue weighted by atomic mass is 10.2. The molecule has 1 aromatic carbocycles. The molecule has 2 heterocycles. The highest BCUT2D eigenvalue weighted by atomic mass is 79.9. The van der Waals surface area contributed by atoms with E-state index in [1.54, 1.807) is 0 Å². The molecule has 1 aromatic heterocycles. The number of ether oxygens (including phenoxy) is 2. The summed E-state index contributed by atoms with van der Waals surface area (Å²) in [6, 6.07) is 3.98. The molecule has 3 nitrogen and oxygen atoms in total. The minimum atomic E-state index is 0.617. The van der Waals surface area contributed by atoms with E-state index in [0.717, 1.165) is 26.9 Å². The molecule has 1 aliphatic rings. The van der Waals surface area contributed by atoms with Crippen molar-refractivity contribution in [3.8, 4) is 11.5 Å². The molecule has 0 radical (unpaired) electrons. The largest absolute Gasteiger partial charge is 0.486 e. The first-order chi connectivity index (χ1) is 8.27. The Morgan fingerprint density at radius 3 is 2.76 bits per heavy atom. The highest BCUT2D eigenvalue weighted by Gasteiger charge is 2.18. The maximum atomic E-state index is 5.64. The summed E-state index contributed by atoms with van der Waals surface area (Å²) in [6.45, 7) is 5.23. The number of benzene rings is 1. The molecule has 92 valence electrons. The van der Waals surface area contributed by atoms with Gasteiger partial charge in [-0.25, -0.2) is 0 Å². The van der Waals surface area contributed by atoms with E-state index in [0.29, 0.717) is 13.2 Å². The van der Waals surface area contributed by atoms with Crippen LogP contribution >= 0.6 is 25.3 Å². The molecular weight excluding hydrogens is 301 g/mol. The summed E-state index contributed by atoms with van der Waals surface area (Å²) >= 11 is 3.54. The van der Waals surface area contributed by atoms with Crippen molar-refractivity contribution in [1.29, 1.82) is 0 Å². The van der Waals surface area contributed by atoms with Gasteiger partial charge in [0.1, 0.15) is 13.2 Å². The summed E-state index contributed by atoms with van der Waals surface area (Å²) in [5.41, 5.74) is 1.10. The fraction of sp³-hybridized carbons (Fsp3) is 0.333. The zero-order chi connectivity index (χ0) is 12.4. The van der Waals surface area contributed by atoms with E-state index in [2.05, 4.69) is 25.3 Å². The molecule has 1 aliphatic heterocycles. The second-order valence-electron chi connectivity index (χ2n) is 3.37. The van der Waals surface area contributed by atoms with Crippen LogP contribution in [0.25, 0.3) is 10.9 Å². The topological polar surface area (TPSA) is 23.4 Å². The lowest BCUT2D eigenvalue weighted by Gasteiger charge is -2.19. The fourth-order valence-electron chi connectivity index (χ4n) is 1.82.